The van der Waals surface area contributed by atoms with Crippen LogP contribution in [-0.4, -0.2) is 32.3 Å². The van der Waals surface area contributed by atoms with Gasteiger partial charge < -0.3 is 10.1 Å². The first kappa shape index (κ1) is 22.0. The fraction of sp³-hybridized carbons (Fsp3) is 0.130. The number of anilines is 1. The van der Waals surface area contributed by atoms with Crippen molar-refractivity contribution >= 4 is 21.6 Å². The standard InChI is InChI=1S/C23H21N3O4S/c1-26(16-19-5-3-2-4-6-19)31(28,29)22-13-9-20(10-14-22)25-23(27)17-30-21-11-7-18(15-24)8-12-21/h2-14H,16-17H2,1H3,(H,25,27). The fourth-order valence-electron chi connectivity index (χ4n) is 2.79. The van der Waals surface area contributed by atoms with E-state index in [2.05, 4.69) is 5.32 Å². The zero-order chi connectivity index (χ0) is 22.3. The van der Waals surface area contributed by atoms with Gasteiger partial charge in [0.1, 0.15) is 5.75 Å². The van der Waals surface area contributed by atoms with Crippen LogP contribution in [0, 0.1) is 11.3 Å². The molecule has 3 aromatic carbocycles. The van der Waals surface area contributed by atoms with Crippen LogP contribution in [-0.2, 0) is 21.4 Å². The largest absolute Gasteiger partial charge is 0.484 e. The van der Waals surface area contributed by atoms with E-state index in [0.29, 0.717) is 17.0 Å². The maximum Gasteiger partial charge on any atom is 0.262 e. The van der Waals surface area contributed by atoms with E-state index in [0.717, 1.165) is 5.56 Å². The third-order valence-electron chi connectivity index (χ3n) is 4.45. The van der Waals surface area contributed by atoms with Gasteiger partial charge in [0.05, 0.1) is 16.5 Å². The summed E-state index contributed by atoms with van der Waals surface area (Å²) >= 11 is 0. The molecule has 158 valence electrons. The lowest BCUT2D eigenvalue weighted by Gasteiger charge is -2.17. The molecule has 0 atom stereocenters. The van der Waals surface area contributed by atoms with Gasteiger partial charge in [-0.05, 0) is 54.1 Å². The predicted molar refractivity (Wildman–Crippen MR) is 117 cm³/mol. The average Bonchev–Trinajstić information content (AvgIpc) is 2.79. The van der Waals surface area contributed by atoms with E-state index in [1.54, 1.807) is 24.3 Å². The third kappa shape index (κ3) is 5.92. The molecule has 0 bridgehead atoms. The molecule has 8 heteroatoms. The summed E-state index contributed by atoms with van der Waals surface area (Å²) in [5, 5.41) is 11.4. The van der Waals surface area contributed by atoms with Gasteiger partial charge in [0.15, 0.2) is 6.61 Å². The zero-order valence-electron chi connectivity index (χ0n) is 16.9. The number of carbonyl (C=O) groups is 1. The van der Waals surface area contributed by atoms with Crippen molar-refractivity contribution in [3.63, 3.8) is 0 Å². The van der Waals surface area contributed by atoms with Gasteiger partial charge in [-0.1, -0.05) is 30.3 Å². The molecule has 0 aliphatic carbocycles. The molecule has 0 aromatic heterocycles. The molecule has 3 aromatic rings. The smallest absolute Gasteiger partial charge is 0.262 e. The van der Waals surface area contributed by atoms with Crippen LogP contribution in [0.2, 0.25) is 0 Å². The Labute approximate surface area is 181 Å². The normalized spacial score (nSPS) is 11.0. The van der Waals surface area contributed by atoms with E-state index in [-0.39, 0.29) is 24.0 Å². The van der Waals surface area contributed by atoms with Crippen LogP contribution in [0.1, 0.15) is 11.1 Å². The van der Waals surface area contributed by atoms with Crippen molar-refractivity contribution in [3.05, 3.63) is 90.0 Å². The van der Waals surface area contributed by atoms with Gasteiger partial charge in [-0.25, -0.2) is 8.42 Å². The number of carbonyl (C=O) groups excluding carboxylic acids is 1. The van der Waals surface area contributed by atoms with Gasteiger partial charge in [0.25, 0.3) is 5.91 Å². The lowest BCUT2D eigenvalue weighted by atomic mass is 10.2. The lowest BCUT2D eigenvalue weighted by molar-refractivity contribution is -0.118. The van der Waals surface area contributed by atoms with E-state index in [9.17, 15) is 13.2 Å². The topological polar surface area (TPSA) is 99.5 Å². The number of hydrogen-bond acceptors (Lipinski definition) is 5. The maximum atomic E-state index is 12.8. The van der Waals surface area contributed by atoms with Gasteiger partial charge in [0, 0.05) is 19.3 Å². The van der Waals surface area contributed by atoms with Crippen LogP contribution < -0.4 is 10.1 Å². The van der Waals surface area contributed by atoms with Crippen molar-refractivity contribution in [1.29, 1.82) is 5.26 Å². The van der Waals surface area contributed by atoms with E-state index in [1.165, 1.54) is 35.6 Å². The van der Waals surface area contributed by atoms with Crippen LogP contribution in [0.5, 0.6) is 5.75 Å². The number of rotatable bonds is 8. The molecule has 0 unspecified atom stereocenters. The van der Waals surface area contributed by atoms with Gasteiger partial charge in [-0.15, -0.1) is 0 Å². The minimum absolute atomic E-state index is 0.137. The molecule has 3 rings (SSSR count). The molecular weight excluding hydrogens is 414 g/mol. The molecule has 7 nitrogen and oxygen atoms in total. The lowest BCUT2D eigenvalue weighted by Crippen LogP contribution is -2.26. The molecule has 0 spiro atoms. The van der Waals surface area contributed by atoms with E-state index < -0.39 is 10.0 Å². The van der Waals surface area contributed by atoms with Crippen LogP contribution in [0.4, 0.5) is 5.69 Å². The summed E-state index contributed by atoms with van der Waals surface area (Å²) in [5.41, 5.74) is 1.85. The molecule has 0 saturated heterocycles. The van der Waals surface area contributed by atoms with Crippen molar-refractivity contribution in [1.82, 2.24) is 4.31 Å². The summed E-state index contributed by atoms with van der Waals surface area (Å²) in [6, 6.07) is 23.7. The number of ether oxygens (including phenoxy) is 1. The highest BCUT2D eigenvalue weighted by molar-refractivity contribution is 7.89. The molecule has 0 aliphatic heterocycles. The number of benzene rings is 3. The maximum absolute atomic E-state index is 12.8. The Morgan fingerprint density at radius 1 is 1.00 bits per heavy atom. The second kappa shape index (κ2) is 9.89. The van der Waals surface area contributed by atoms with Crippen LogP contribution >= 0.6 is 0 Å². The average molecular weight is 436 g/mol. The molecule has 31 heavy (non-hydrogen) atoms. The van der Waals surface area contributed by atoms with Crippen molar-refractivity contribution in [2.45, 2.75) is 11.4 Å². The molecule has 0 fully saturated rings. The second-order valence-corrected chi connectivity index (χ2v) is 8.79. The first-order valence-corrected chi connectivity index (χ1v) is 10.9. The fourth-order valence-corrected chi connectivity index (χ4v) is 3.95. The Hall–Kier alpha value is -3.67. The number of amides is 1. The highest BCUT2D eigenvalue weighted by atomic mass is 32.2. The summed E-state index contributed by atoms with van der Waals surface area (Å²) < 4.78 is 32.2. The number of hydrogen-bond donors (Lipinski definition) is 1. The van der Waals surface area contributed by atoms with Crippen molar-refractivity contribution < 1.29 is 17.9 Å². The first-order valence-electron chi connectivity index (χ1n) is 9.41. The van der Waals surface area contributed by atoms with Crippen LogP contribution in [0.3, 0.4) is 0 Å². The van der Waals surface area contributed by atoms with Crippen molar-refractivity contribution in [3.8, 4) is 11.8 Å². The Kier molecular flexibility index (Phi) is 7.03. The van der Waals surface area contributed by atoms with E-state index >= 15 is 0 Å². The second-order valence-electron chi connectivity index (χ2n) is 6.74. The Morgan fingerprint density at radius 2 is 1.65 bits per heavy atom. The first-order chi connectivity index (χ1) is 14.9. The molecule has 1 N–H and O–H groups in total. The molecular formula is C23H21N3O4S. The van der Waals surface area contributed by atoms with E-state index in [4.69, 9.17) is 10.00 Å². The van der Waals surface area contributed by atoms with Crippen molar-refractivity contribution in [2.75, 3.05) is 19.0 Å². The van der Waals surface area contributed by atoms with Crippen LogP contribution in [0.25, 0.3) is 0 Å². The van der Waals surface area contributed by atoms with Gasteiger partial charge in [-0.3, -0.25) is 4.79 Å². The van der Waals surface area contributed by atoms with Crippen LogP contribution in [0.15, 0.2) is 83.8 Å². The molecule has 1 amide bonds. The summed E-state index contributed by atoms with van der Waals surface area (Å²) in [6.45, 7) is 0.0418. The van der Waals surface area contributed by atoms with E-state index in [1.807, 2.05) is 36.4 Å². The Balaban J connectivity index is 1.57. The highest BCUT2D eigenvalue weighted by Crippen LogP contribution is 2.19. The summed E-state index contributed by atoms with van der Waals surface area (Å²) in [6.07, 6.45) is 0. The zero-order valence-corrected chi connectivity index (χ0v) is 17.7. The number of nitrogens with zero attached hydrogens (tertiary/aromatic N) is 2. The SMILES string of the molecule is CN(Cc1ccccc1)S(=O)(=O)c1ccc(NC(=O)COc2ccc(C#N)cc2)cc1. The molecule has 0 radical (unpaired) electrons. The number of sulfonamides is 1. The van der Waals surface area contributed by atoms with Crippen molar-refractivity contribution in [2.24, 2.45) is 0 Å². The highest BCUT2D eigenvalue weighted by Gasteiger charge is 2.20. The summed E-state index contributed by atoms with van der Waals surface area (Å²) in [7, 11) is -2.14. The Morgan fingerprint density at radius 3 is 2.26 bits per heavy atom. The van der Waals surface area contributed by atoms with Gasteiger partial charge in [-0.2, -0.15) is 9.57 Å². The quantitative estimate of drug-likeness (QED) is 0.585. The number of nitriles is 1. The van der Waals surface area contributed by atoms with Gasteiger partial charge in [0.2, 0.25) is 10.0 Å². The minimum atomic E-state index is -3.66. The Bertz CT molecular complexity index is 1170. The van der Waals surface area contributed by atoms with Gasteiger partial charge >= 0.3 is 0 Å². The predicted octanol–water partition coefficient (Wildman–Crippen LogP) is 3.40. The molecule has 0 heterocycles. The summed E-state index contributed by atoms with van der Waals surface area (Å²) in [4.78, 5) is 12.2. The number of nitrogens with one attached hydrogen (secondary N) is 1. The third-order valence-corrected chi connectivity index (χ3v) is 6.27. The molecule has 0 saturated carbocycles. The molecule has 0 aliphatic rings. The summed E-state index contributed by atoms with van der Waals surface area (Å²) in [5.74, 6) is 0.0817. The monoisotopic (exact) mass is 435 g/mol. The minimum Gasteiger partial charge on any atom is -0.484 e.